The second-order valence-electron chi connectivity index (χ2n) is 6.88. The zero-order valence-corrected chi connectivity index (χ0v) is 14.5. The van der Waals surface area contributed by atoms with E-state index >= 15 is 0 Å². The highest BCUT2D eigenvalue weighted by Crippen LogP contribution is 2.23. The second-order valence-corrected chi connectivity index (χ2v) is 8.66. The van der Waals surface area contributed by atoms with Gasteiger partial charge in [0, 0.05) is 25.2 Å². The van der Waals surface area contributed by atoms with E-state index in [-0.39, 0.29) is 11.9 Å². The Hall–Kier alpha value is -0.660. The van der Waals surface area contributed by atoms with Crippen molar-refractivity contribution in [3.05, 3.63) is 0 Å². The fourth-order valence-corrected chi connectivity index (χ4v) is 4.34. The minimum atomic E-state index is -3.14. The van der Waals surface area contributed by atoms with Crippen molar-refractivity contribution in [3.8, 4) is 0 Å². The van der Waals surface area contributed by atoms with Crippen molar-refractivity contribution in [1.82, 2.24) is 14.9 Å². The number of likely N-dealkylation sites (tertiary alicyclic amines) is 1. The van der Waals surface area contributed by atoms with E-state index in [4.69, 9.17) is 0 Å². The van der Waals surface area contributed by atoms with Crippen molar-refractivity contribution in [2.24, 2.45) is 5.92 Å². The third-order valence-electron chi connectivity index (χ3n) is 4.79. The highest BCUT2D eigenvalue weighted by molar-refractivity contribution is 7.88. The molecule has 0 radical (unpaired) electrons. The SMILES string of the molecule is CC1CCCCC1NC(=O)CN1CCC(NS(C)(=O)=O)CC1. The fraction of sp³-hybridized carbons (Fsp3) is 0.933. The van der Waals surface area contributed by atoms with Gasteiger partial charge in [0.1, 0.15) is 0 Å². The molecule has 22 heavy (non-hydrogen) atoms. The molecule has 1 heterocycles. The molecule has 6 nitrogen and oxygen atoms in total. The summed E-state index contributed by atoms with van der Waals surface area (Å²) in [5, 5.41) is 3.17. The monoisotopic (exact) mass is 331 g/mol. The molecule has 2 unspecified atom stereocenters. The molecule has 1 saturated carbocycles. The van der Waals surface area contributed by atoms with Gasteiger partial charge in [0.15, 0.2) is 0 Å². The lowest BCUT2D eigenvalue weighted by Crippen LogP contribution is -2.49. The van der Waals surface area contributed by atoms with Crippen LogP contribution in [-0.2, 0) is 14.8 Å². The van der Waals surface area contributed by atoms with E-state index in [1.54, 1.807) is 0 Å². The van der Waals surface area contributed by atoms with Gasteiger partial charge in [0.2, 0.25) is 15.9 Å². The summed E-state index contributed by atoms with van der Waals surface area (Å²) in [5.74, 6) is 0.677. The zero-order valence-electron chi connectivity index (χ0n) is 13.7. The third-order valence-corrected chi connectivity index (χ3v) is 5.55. The van der Waals surface area contributed by atoms with Gasteiger partial charge in [-0.05, 0) is 31.6 Å². The first kappa shape index (κ1) is 17.7. The van der Waals surface area contributed by atoms with E-state index in [1.807, 2.05) is 0 Å². The standard InChI is InChI=1S/C15H29N3O3S/c1-12-5-3-4-6-14(12)16-15(19)11-18-9-7-13(8-10-18)17-22(2,20)21/h12-14,17H,3-11H2,1-2H3,(H,16,19). The van der Waals surface area contributed by atoms with Gasteiger partial charge < -0.3 is 5.32 Å². The Bertz CT molecular complexity index is 472. The Balaban J connectivity index is 1.70. The lowest BCUT2D eigenvalue weighted by molar-refractivity contribution is -0.123. The summed E-state index contributed by atoms with van der Waals surface area (Å²) >= 11 is 0. The van der Waals surface area contributed by atoms with E-state index in [1.165, 1.54) is 25.5 Å². The van der Waals surface area contributed by atoms with Crippen molar-refractivity contribution in [3.63, 3.8) is 0 Å². The molecule has 1 amide bonds. The van der Waals surface area contributed by atoms with Gasteiger partial charge in [-0.1, -0.05) is 19.8 Å². The molecule has 128 valence electrons. The topological polar surface area (TPSA) is 78.5 Å². The van der Waals surface area contributed by atoms with Crippen molar-refractivity contribution < 1.29 is 13.2 Å². The Morgan fingerprint density at radius 2 is 1.77 bits per heavy atom. The van der Waals surface area contributed by atoms with E-state index in [9.17, 15) is 13.2 Å². The maximum atomic E-state index is 12.2. The summed E-state index contributed by atoms with van der Waals surface area (Å²) in [7, 11) is -3.14. The molecule has 2 aliphatic rings. The second kappa shape index (κ2) is 7.75. The van der Waals surface area contributed by atoms with Gasteiger partial charge in [-0.15, -0.1) is 0 Å². The van der Waals surface area contributed by atoms with Crippen LogP contribution in [0.2, 0.25) is 0 Å². The predicted molar refractivity (Wildman–Crippen MR) is 87.0 cm³/mol. The van der Waals surface area contributed by atoms with Crippen molar-refractivity contribution >= 4 is 15.9 Å². The summed E-state index contributed by atoms with van der Waals surface area (Å²) in [6.45, 7) is 4.17. The van der Waals surface area contributed by atoms with Gasteiger partial charge in [-0.3, -0.25) is 9.69 Å². The highest BCUT2D eigenvalue weighted by Gasteiger charge is 2.26. The molecule has 1 aliphatic carbocycles. The number of carbonyl (C=O) groups is 1. The summed E-state index contributed by atoms with van der Waals surface area (Å²) in [4.78, 5) is 14.3. The van der Waals surface area contributed by atoms with Crippen LogP contribution in [0.25, 0.3) is 0 Å². The lowest BCUT2D eigenvalue weighted by Gasteiger charge is -2.33. The molecular weight excluding hydrogens is 302 g/mol. The van der Waals surface area contributed by atoms with Crippen molar-refractivity contribution in [2.45, 2.75) is 57.5 Å². The zero-order chi connectivity index (χ0) is 16.2. The van der Waals surface area contributed by atoms with Crippen LogP contribution in [0.3, 0.4) is 0 Å². The molecule has 0 aromatic carbocycles. The molecule has 2 N–H and O–H groups in total. The molecule has 2 fully saturated rings. The molecule has 0 aromatic heterocycles. The molecule has 2 atom stereocenters. The van der Waals surface area contributed by atoms with Gasteiger partial charge in [-0.2, -0.15) is 0 Å². The van der Waals surface area contributed by atoms with Gasteiger partial charge in [0.25, 0.3) is 0 Å². The first-order valence-electron chi connectivity index (χ1n) is 8.32. The third kappa shape index (κ3) is 5.85. The van der Waals surface area contributed by atoms with Crippen molar-refractivity contribution in [2.75, 3.05) is 25.9 Å². The van der Waals surface area contributed by atoms with Crippen LogP contribution in [0.4, 0.5) is 0 Å². The lowest BCUT2D eigenvalue weighted by atomic mass is 9.86. The van der Waals surface area contributed by atoms with Crippen LogP contribution < -0.4 is 10.0 Å². The van der Waals surface area contributed by atoms with Crippen LogP contribution in [0.1, 0.15) is 45.4 Å². The molecule has 1 aliphatic heterocycles. The maximum Gasteiger partial charge on any atom is 0.234 e. The Morgan fingerprint density at radius 3 is 2.36 bits per heavy atom. The number of hydrogen-bond donors (Lipinski definition) is 2. The van der Waals surface area contributed by atoms with Gasteiger partial charge in [0.05, 0.1) is 12.8 Å². The molecule has 2 rings (SSSR count). The van der Waals surface area contributed by atoms with Crippen LogP contribution >= 0.6 is 0 Å². The number of amides is 1. The Morgan fingerprint density at radius 1 is 1.14 bits per heavy atom. The highest BCUT2D eigenvalue weighted by atomic mass is 32.2. The number of carbonyl (C=O) groups excluding carboxylic acids is 1. The summed E-state index contributed by atoms with van der Waals surface area (Å²) < 4.78 is 25.1. The van der Waals surface area contributed by atoms with Gasteiger partial charge >= 0.3 is 0 Å². The number of hydrogen-bond acceptors (Lipinski definition) is 4. The quantitative estimate of drug-likeness (QED) is 0.777. The first-order chi connectivity index (χ1) is 10.3. The predicted octanol–water partition coefficient (Wildman–Crippen LogP) is 0.695. The minimum absolute atomic E-state index is 0.00711. The average molecular weight is 331 g/mol. The fourth-order valence-electron chi connectivity index (χ4n) is 3.50. The molecule has 0 spiro atoms. The van der Waals surface area contributed by atoms with Crippen molar-refractivity contribution in [1.29, 1.82) is 0 Å². The molecular formula is C15H29N3O3S. The van der Waals surface area contributed by atoms with E-state index in [2.05, 4.69) is 21.9 Å². The van der Waals surface area contributed by atoms with Crippen LogP contribution in [0.15, 0.2) is 0 Å². The number of nitrogens with zero attached hydrogens (tertiary/aromatic N) is 1. The van der Waals surface area contributed by atoms with Crippen LogP contribution in [0.5, 0.6) is 0 Å². The maximum absolute atomic E-state index is 12.2. The number of nitrogens with one attached hydrogen (secondary N) is 2. The number of sulfonamides is 1. The average Bonchev–Trinajstić information content (AvgIpc) is 2.42. The van der Waals surface area contributed by atoms with E-state index < -0.39 is 10.0 Å². The van der Waals surface area contributed by atoms with Crippen LogP contribution in [0, 0.1) is 5.92 Å². The smallest absolute Gasteiger partial charge is 0.234 e. The van der Waals surface area contributed by atoms with Crippen LogP contribution in [-0.4, -0.2) is 57.2 Å². The van der Waals surface area contributed by atoms with Gasteiger partial charge in [-0.25, -0.2) is 13.1 Å². The molecule has 0 bridgehead atoms. The molecule has 1 saturated heterocycles. The summed E-state index contributed by atoms with van der Waals surface area (Å²) in [6, 6.07) is 0.332. The number of piperidine rings is 1. The van der Waals surface area contributed by atoms with E-state index in [0.29, 0.717) is 18.5 Å². The first-order valence-corrected chi connectivity index (χ1v) is 10.2. The summed E-state index contributed by atoms with van der Waals surface area (Å²) in [6.07, 6.45) is 7.49. The normalized spacial score (nSPS) is 28.5. The molecule has 7 heteroatoms. The Labute approximate surface area is 134 Å². The summed E-state index contributed by atoms with van der Waals surface area (Å²) in [5.41, 5.74) is 0. The number of rotatable bonds is 5. The molecule has 0 aromatic rings. The largest absolute Gasteiger partial charge is 0.352 e. The Kier molecular flexibility index (Phi) is 6.23. The minimum Gasteiger partial charge on any atom is -0.352 e. The van der Waals surface area contributed by atoms with E-state index in [0.717, 1.165) is 32.4 Å².